The third-order valence-corrected chi connectivity index (χ3v) is 6.22. The van der Waals surface area contributed by atoms with Crippen molar-refractivity contribution >= 4 is 17.5 Å². The molecular weight excluding hydrogens is 502 g/mol. The normalized spacial score (nSPS) is 16.3. The van der Waals surface area contributed by atoms with E-state index in [1.807, 2.05) is 26.8 Å². The van der Waals surface area contributed by atoms with Gasteiger partial charge in [-0.3, -0.25) is 9.59 Å². The van der Waals surface area contributed by atoms with Gasteiger partial charge in [0.15, 0.2) is 11.5 Å². The Balaban J connectivity index is 1.80. The van der Waals surface area contributed by atoms with Gasteiger partial charge < -0.3 is 28.9 Å². The minimum atomic E-state index is -0.872. The Bertz CT molecular complexity index is 1250. The van der Waals surface area contributed by atoms with Crippen LogP contribution in [0.5, 0.6) is 11.5 Å². The van der Waals surface area contributed by atoms with E-state index < -0.39 is 23.2 Å². The fourth-order valence-electron chi connectivity index (χ4n) is 4.17. The number of oxime groups is 1. The molecule has 1 fully saturated rings. The molecule has 0 saturated carbocycles. The highest BCUT2D eigenvalue weighted by Crippen LogP contribution is 2.27. The highest BCUT2D eigenvalue weighted by molar-refractivity contribution is 6.05. The number of benzene rings is 1. The number of likely N-dealkylation sites (tertiary alicyclic amines) is 1. The van der Waals surface area contributed by atoms with Crippen LogP contribution in [0.1, 0.15) is 75.1 Å². The van der Waals surface area contributed by atoms with E-state index in [-0.39, 0.29) is 31.0 Å². The van der Waals surface area contributed by atoms with Gasteiger partial charge in [-0.25, -0.2) is 4.79 Å². The first-order valence-electron chi connectivity index (χ1n) is 13.2. The number of hydrogen-bond acceptors (Lipinski definition) is 8. The second kappa shape index (κ2) is 13.3. The van der Waals surface area contributed by atoms with Crippen LogP contribution in [-0.4, -0.2) is 54.8 Å². The van der Waals surface area contributed by atoms with E-state index in [0.29, 0.717) is 29.4 Å². The Morgan fingerprint density at radius 2 is 1.85 bits per heavy atom. The maximum Gasteiger partial charge on any atom is 0.348 e. The summed E-state index contributed by atoms with van der Waals surface area (Å²) in [5.74, 6) is 0.697. The van der Waals surface area contributed by atoms with Crippen molar-refractivity contribution in [2.75, 3.05) is 20.8 Å². The fraction of sp³-hybridized carbons (Fsp3) is 0.517. The van der Waals surface area contributed by atoms with Gasteiger partial charge in [0.25, 0.3) is 5.91 Å². The second-order valence-corrected chi connectivity index (χ2v) is 10.5. The third kappa shape index (κ3) is 8.08. The Kier molecular flexibility index (Phi) is 10.1. The van der Waals surface area contributed by atoms with Crippen molar-refractivity contribution in [2.45, 2.75) is 78.0 Å². The molecule has 2 amide bonds. The average molecular weight is 542 g/mol. The summed E-state index contributed by atoms with van der Waals surface area (Å²) in [7, 11) is 3.09. The molecule has 1 aromatic heterocycles. The number of nitrogens with one attached hydrogen (secondary N) is 1. The molecule has 0 radical (unpaired) electrons. The average Bonchev–Trinajstić information content (AvgIpc) is 3.34. The number of nitrogens with zero attached hydrogens (tertiary/aromatic N) is 2. The van der Waals surface area contributed by atoms with Gasteiger partial charge in [0.05, 0.1) is 26.5 Å². The quantitative estimate of drug-likeness (QED) is 0.336. The molecule has 10 nitrogen and oxygen atoms in total. The number of methoxy groups -OCH3 is 2. The monoisotopic (exact) mass is 541 g/mol. The first-order valence-corrected chi connectivity index (χ1v) is 13.2. The van der Waals surface area contributed by atoms with Gasteiger partial charge in [0.1, 0.15) is 23.0 Å². The summed E-state index contributed by atoms with van der Waals surface area (Å²) >= 11 is 0. The van der Waals surface area contributed by atoms with Crippen molar-refractivity contribution in [3.63, 3.8) is 0 Å². The molecule has 0 aliphatic carbocycles. The lowest BCUT2D eigenvalue weighted by atomic mass is 10.1. The highest BCUT2D eigenvalue weighted by atomic mass is 16.6. The summed E-state index contributed by atoms with van der Waals surface area (Å²) in [6, 6.07) is 7.61. The van der Waals surface area contributed by atoms with Crippen molar-refractivity contribution in [2.24, 2.45) is 5.16 Å². The molecule has 2 heterocycles. The molecule has 1 aliphatic rings. The van der Waals surface area contributed by atoms with Crippen molar-refractivity contribution in [1.82, 2.24) is 10.2 Å². The number of hydrogen-bond donors (Lipinski definition) is 1. The number of ether oxygens (including phenoxy) is 2. The van der Waals surface area contributed by atoms with Crippen LogP contribution in [0, 0.1) is 0 Å². The molecule has 212 valence electrons. The van der Waals surface area contributed by atoms with E-state index >= 15 is 0 Å². The summed E-state index contributed by atoms with van der Waals surface area (Å²) in [6.45, 7) is 7.93. The van der Waals surface area contributed by atoms with E-state index in [2.05, 4.69) is 17.4 Å². The molecule has 0 unspecified atom stereocenters. The van der Waals surface area contributed by atoms with Gasteiger partial charge >= 0.3 is 5.63 Å². The van der Waals surface area contributed by atoms with E-state index in [0.717, 1.165) is 24.8 Å². The number of rotatable bonds is 11. The van der Waals surface area contributed by atoms with Gasteiger partial charge in [-0.2, -0.15) is 0 Å². The SMILES string of the molecule is CCCCCc1ccc(C(=O)N2CC(=NOC(C)(C)C)C[C@H]2C(=O)NCc2ccc(OC)c(OC)c2)c(=O)o1. The van der Waals surface area contributed by atoms with Crippen LogP contribution in [0.4, 0.5) is 0 Å². The van der Waals surface area contributed by atoms with Crippen molar-refractivity contribution in [3.8, 4) is 11.5 Å². The maximum atomic E-state index is 13.5. The van der Waals surface area contributed by atoms with E-state index in [4.69, 9.17) is 18.7 Å². The maximum absolute atomic E-state index is 13.5. The summed E-state index contributed by atoms with van der Waals surface area (Å²) in [4.78, 5) is 46.4. The summed E-state index contributed by atoms with van der Waals surface area (Å²) in [5, 5.41) is 7.09. The van der Waals surface area contributed by atoms with Gasteiger partial charge in [-0.15, -0.1) is 0 Å². The Morgan fingerprint density at radius 3 is 2.49 bits per heavy atom. The minimum Gasteiger partial charge on any atom is -0.493 e. The van der Waals surface area contributed by atoms with Crippen molar-refractivity contribution in [3.05, 3.63) is 57.6 Å². The fourth-order valence-corrected chi connectivity index (χ4v) is 4.17. The molecule has 0 spiro atoms. The molecule has 1 atom stereocenters. The molecule has 10 heteroatoms. The molecule has 0 bridgehead atoms. The Hall–Kier alpha value is -3.82. The number of carbonyl (C=O) groups excluding carboxylic acids is 2. The van der Waals surface area contributed by atoms with Gasteiger partial charge in [-0.1, -0.05) is 31.0 Å². The van der Waals surface area contributed by atoms with Crippen LogP contribution >= 0.6 is 0 Å². The summed E-state index contributed by atoms with van der Waals surface area (Å²) in [6.07, 6.45) is 3.78. The topological polar surface area (TPSA) is 120 Å². The smallest absolute Gasteiger partial charge is 0.348 e. The molecule has 1 saturated heterocycles. The third-order valence-electron chi connectivity index (χ3n) is 6.22. The lowest BCUT2D eigenvalue weighted by molar-refractivity contribution is -0.125. The summed E-state index contributed by atoms with van der Waals surface area (Å²) in [5.41, 5.74) is -0.0458. The van der Waals surface area contributed by atoms with Crippen molar-refractivity contribution in [1.29, 1.82) is 0 Å². The van der Waals surface area contributed by atoms with Crippen LogP contribution in [0.2, 0.25) is 0 Å². The largest absolute Gasteiger partial charge is 0.493 e. The van der Waals surface area contributed by atoms with E-state index in [9.17, 15) is 14.4 Å². The highest BCUT2D eigenvalue weighted by Gasteiger charge is 2.39. The molecule has 1 aliphatic heterocycles. The molecule has 1 N–H and O–H groups in total. The number of aryl methyl sites for hydroxylation is 1. The van der Waals surface area contributed by atoms with Crippen LogP contribution in [-0.2, 0) is 22.6 Å². The number of unbranched alkanes of at least 4 members (excludes halogenated alkanes) is 2. The predicted molar refractivity (Wildman–Crippen MR) is 147 cm³/mol. The predicted octanol–water partition coefficient (Wildman–Crippen LogP) is 4.09. The second-order valence-electron chi connectivity index (χ2n) is 10.5. The zero-order chi connectivity index (χ0) is 28.6. The zero-order valence-electron chi connectivity index (χ0n) is 23.7. The van der Waals surface area contributed by atoms with E-state index in [1.54, 1.807) is 25.3 Å². The molecule has 3 rings (SSSR count). The van der Waals surface area contributed by atoms with Crippen LogP contribution in [0.3, 0.4) is 0 Å². The zero-order valence-corrected chi connectivity index (χ0v) is 23.7. The van der Waals surface area contributed by atoms with E-state index in [1.165, 1.54) is 18.1 Å². The number of carbonyl (C=O) groups is 2. The molecule has 1 aromatic carbocycles. The molecule has 39 heavy (non-hydrogen) atoms. The Labute approximate surface area is 229 Å². The minimum absolute atomic E-state index is 0.0566. The van der Waals surface area contributed by atoms with Gasteiger partial charge in [0, 0.05) is 19.4 Å². The lowest BCUT2D eigenvalue weighted by Gasteiger charge is -2.23. The summed E-state index contributed by atoms with van der Waals surface area (Å²) < 4.78 is 16.0. The van der Waals surface area contributed by atoms with Crippen LogP contribution in [0.25, 0.3) is 0 Å². The Morgan fingerprint density at radius 1 is 1.10 bits per heavy atom. The first kappa shape index (κ1) is 29.7. The molecule has 2 aromatic rings. The van der Waals surface area contributed by atoms with Gasteiger partial charge in [0.2, 0.25) is 5.91 Å². The molecular formula is C29H39N3O7. The van der Waals surface area contributed by atoms with Crippen LogP contribution in [0.15, 0.2) is 44.7 Å². The van der Waals surface area contributed by atoms with Crippen molar-refractivity contribution < 1.29 is 28.3 Å². The van der Waals surface area contributed by atoms with Crippen LogP contribution < -0.4 is 20.4 Å². The first-order chi connectivity index (χ1) is 18.6. The number of amides is 2. The van der Waals surface area contributed by atoms with Gasteiger partial charge in [-0.05, 0) is 57.0 Å². The lowest BCUT2D eigenvalue weighted by Crippen LogP contribution is -2.46. The standard InChI is InChI=1S/C29H39N3O7/c1-7-8-9-10-21-12-13-22(28(35)38-21)27(34)32-18-20(31-39-29(2,3)4)16-23(32)26(33)30-17-19-11-14-24(36-5)25(15-19)37-6/h11-15,23H,7-10,16-18H2,1-6H3,(H,30,33)/t23-/m0/s1.